The molecule has 2 rings (SSSR count). The number of nitrogens with one attached hydrogen (secondary N) is 1. The third kappa shape index (κ3) is 3.82. The Kier molecular flexibility index (Phi) is 5.20. The topological polar surface area (TPSA) is 33.1 Å². The van der Waals surface area contributed by atoms with Crippen molar-refractivity contribution in [3.05, 3.63) is 18.2 Å². The van der Waals surface area contributed by atoms with Gasteiger partial charge in [0.1, 0.15) is 5.82 Å². The molecule has 0 aliphatic carbocycles. The van der Waals surface area contributed by atoms with Crippen molar-refractivity contribution in [3.63, 3.8) is 0 Å². The number of rotatable bonds is 6. The Morgan fingerprint density at radius 3 is 2.78 bits per heavy atom. The highest BCUT2D eigenvalue weighted by Crippen LogP contribution is 2.10. The third-order valence-corrected chi connectivity index (χ3v) is 3.83. The van der Waals surface area contributed by atoms with Crippen LogP contribution in [0.15, 0.2) is 12.4 Å². The zero-order valence-corrected chi connectivity index (χ0v) is 11.7. The zero-order chi connectivity index (χ0) is 12.8. The van der Waals surface area contributed by atoms with Crippen LogP contribution in [0.5, 0.6) is 0 Å². The molecule has 0 aromatic carbocycles. The molecule has 1 N–H and O–H groups in total. The van der Waals surface area contributed by atoms with E-state index in [1.165, 1.54) is 44.7 Å². The lowest BCUT2D eigenvalue weighted by Gasteiger charge is -2.32. The van der Waals surface area contributed by atoms with Crippen molar-refractivity contribution >= 4 is 0 Å². The van der Waals surface area contributed by atoms with Crippen LogP contribution in [-0.4, -0.2) is 46.7 Å². The summed E-state index contributed by atoms with van der Waals surface area (Å²) in [4.78, 5) is 6.93. The first-order valence-electron chi connectivity index (χ1n) is 7.21. The molecular formula is C14H26N4. The summed E-state index contributed by atoms with van der Waals surface area (Å²) in [7, 11) is 2.06. The fourth-order valence-corrected chi connectivity index (χ4v) is 2.70. The number of aromatic nitrogens is 2. The fourth-order valence-electron chi connectivity index (χ4n) is 2.70. The maximum Gasteiger partial charge on any atom is 0.109 e. The van der Waals surface area contributed by atoms with Gasteiger partial charge < -0.3 is 14.8 Å². The Bertz CT molecular complexity index is 339. The molecule has 18 heavy (non-hydrogen) atoms. The van der Waals surface area contributed by atoms with E-state index in [2.05, 4.69) is 33.7 Å². The van der Waals surface area contributed by atoms with Crippen molar-refractivity contribution < 1.29 is 0 Å². The molecular weight excluding hydrogens is 224 g/mol. The van der Waals surface area contributed by atoms with Crippen molar-refractivity contribution in [1.29, 1.82) is 0 Å². The molecule has 0 radical (unpaired) electrons. The molecule has 0 bridgehead atoms. The average molecular weight is 250 g/mol. The van der Waals surface area contributed by atoms with E-state index in [-0.39, 0.29) is 0 Å². The van der Waals surface area contributed by atoms with Gasteiger partial charge in [-0.25, -0.2) is 4.98 Å². The van der Waals surface area contributed by atoms with Crippen LogP contribution in [0.3, 0.4) is 0 Å². The van der Waals surface area contributed by atoms with Gasteiger partial charge in [-0.05, 0) is 38.9 Å². The third-order valence-electron chi connectivity index (χ3n) is 3.83. The van der Waals surface area contributed by atoms with Crippen LogP contribution >= 0.6 is 0 Å². The highest BCUT2D eigenvalue weighted by atomic mass is 15.1. The molecule has 0 spiro atoms. The van der Waals surface area contributed by atoms with Crippen molar-refractivity contribution in [2.45, 2.75) is 38.6 Å². The Labute approximate surface area is 110 Å². The lowest BCUT2D eigenvalue weighted by molar-refractivity contribution is 0.198. The molecule has 4 nitrogen and oxygen atoms in total. The average Bonchev–Trinajstić information content (AvgIpc) is 2.78. The largest absolute Gasteiger partial charge is 0.338 e. The Morgan fingerprint density at radius 2 is 2.17 bits per heavy atom. The predicted octanol–water partition coefficient (Wildman–Crippen LogP) is 1.43. The summed E-state index contributed by atoms with van der Waals surface area (Å²) in [6, 6.07) is 0.707. The summed E-state index contributed by atoms with van der Waals surface area (Å²) in [5, 5.41) is 3.67. The minimum Gasteiger partial charge on any atom is -0.338 e. The van der Waals surface area contributed by atoms with Crippen molar-refractivity contribution in [3.8, 4) is 0 Å². The first-order chi connectivity index (χ1) is 8.79. The molecule has 0 unspecified atom stereocenters. The minimum atomic E-state index is 0.707. The van der Waals surface area contributed by atoms with Gasteiger partial charge in [0.05, 0.1) is 0 Å². The number of aryl methyl sites for hydroxylation is 1. The second-order valence-corrected chi connectivity index (χ2v) is 5.27. The summed E-state index contributed by atoms with van der Waals surface area (Å²) in [6.07, 6.45) is 8.77. The molecule has 0 amide bonds. The molecule has 1 aromatic rings. The van der Waals surface area contributed by atoms with Crippen LogP contribution in [0.1, 0.15) is 32.0 Å². The molecule has 4 heteroatoms. The molecule has 1 aromatic heterocycles. The Balaban J connectivity index is 1.62. The highest BCUT2D eigenvalue weighted by Gasteiger charge is 2.17. The zero-order valence-electron chi connectivity index (χ0n) is 11.7. The normalized spacial score (nSPS) is 18.3. The first kappa shape index (κ1) is 13.6. The molecule has 102 valence electrons. The van der Waals surface area contributed by atoms with Crippen LogP contribution in [-0.2, 0) is 13.5 Å². The van der Waals surface area contributed by atoms with Gasteiger partial charge in [-0.1, -0.05) is 6.92 Å². The van der Waals surface area contributed by atoms with Crippen LogP contribution in [0.4, 0.5) is 0 Å². The van der Waals surface area contributed by atoms with Gasteiger partial charge in [0, 0.05) is 38.4 Å². The van der Waals surface area contributed by atoms with Gasteiger partial charge in [0.25, 0.3) is 0 Å². The SMILES string of the molecule is CCCN1CCC(NCCc2nccn2C)CC1. The van der Waals surface area contributed by atoms with Gasteiger partial charge in [0.2, 0.25) is 0 Å². The minimum absolute atomic E-state index is 0.707. The number of likely N-dealkylation sites (tertiary alicyclic amines) is 1. The van der Waals surface area contributed by atoms with E-state index in [0.29, 0.717) is 6.04 Å². The summed E-state index contributed by atoms with van der Waals surface area (Å²) >= 11 is 0. The van der Waals surface area contributed by atoms with Crippen molar-refractivity contribution in [2.24, 2.45) is 7.05 Å². The monoisotopic (exact) mass is 250 g/mol. The molecule has 1 aliphatic heterocycles. The maximum atomic E-state index is 4.35. The molecule has 2 heterocycles. The van der Waals surface area contributed by atoms with E-state index in [0.717, 1.165) is 13.0 Å². The lowest BCUT2D eigenvalue weighted by atomic mass is 10.0. The van der Waals surface area contributed by atoms with E-state index in [1.807, 2.05) is 12.4 Å². The highest BCUT2D eigenvalue weighted by molar-refractivity contribution is 4.92. The second-order valence-electron chi connectivity index (χ2n) is 5.27. The smallest absolute Gasteiger partial charge is 0.109 e. The first-order valence-corrected chi connectivity index (χ1v) is 7.21. The van der Waals surface area contributed by atoms with E-state index in [1.54, 1.807) is 0 Å². The Morgan fingerprint density at radius 1 is 1.39 bits per heavy atom. The summed E-state index contributed by atoms with van der Waals surface area (Å²) in [5.74, 6) is 1.17. The van der Waals surface area contributed by atoms with Crippen molar-refractivity contribution in [2.75, 3.05) is 26.2 Å². The number of nitrogens with zero attached hydrogens (tertiary/aromatic N) is 3. The number of hydrogen-bond acceptors (Lipinski definition) is 3. The standard InChI is InChI=1S/C14H26N4/c1-3-9-18-10-5-13(6-11-18)15-7-4-14-16-8-12-17(14)2/h8,12-13,15H,3-7,9-11H2,1-2H3. The van der Waals surface area contributed by atoms with Crippen LogP contribution < -0.4 is 5.32 Å². The van der Waals surface area contributed by atoms with Crippen LogP contribution in [0, 0.1) is 0 Å². The van der Waals surface area contributed by atoms with Crippen molar-refractivity contribution in [1.82, 2.24) is 19.8 Å². The van der Waals surface area contributed by atoms with E-state index in [4.69, 9.17) is 0 Å². The molecule has 1 aliphatic rings. The van der Waals surface area contributed by atoms with Gasteiger partial charge in [-0.3, -0.25) is 0 Å². The quantitative estimate of drug-likeness (QED) is 0.829. The van der Waals surface area contributed by atoms with E-state index >= 15 is 0 Å². The molecule has 0 atom stereocenters. The lowest BCUT2D eigenvalue weighted by Crippen LogP contribution is -2.43. The second kappa shape index (κ2) is 6.90. The van der Waals surface area contributed by atoms with Crippen LogP contribution in [0.25, 0.3) is 0 Å². The van der Waals surface area contributed by atoms with E-state index < -0.39 is 0 Å². The molecule has 1 saturated heterocycles. The predicted molar refractivity (Wildman–Crippen MR) is 74.7 cm³/mol. The fraction of sp³-hybridized carbons (Fsp3) is 0.786. The van der Waals surface area contributed by atoms with E-state index in [9.17, 15) is 0 Å². The summed E-state index contributed by atoms with van der Waals surface area (Å²) in [5.41, 5.74) is 0. The molecule has 1 fully saturated rings. The van der Waals surface area contributed by atoms with Gasteiger partial charge in [-0.15, -0.1) is 0 Å². The Hall–Kier alpha value is -0.870. The summed E-state index contributed by atoms with van der Waals surface area (Å²) < 4.78 is 2.10. The molecule has 0 saturated carbocycles. The van der Waals surface area contributed by atoms with Gasteiger partial charge in [0.15, 0.2) is 0 Å². The summed E-state index contributed by atoms with van der Waals surface area (Å²) in [6.45, 7) is 7.09. The number of hydrogen-bond donors (Lipinski definition) is 1. The van der Waals surface area contributed by atoms with Gasteiger partial charge >= 0.3 is 0 Å². The van der Waals surface area contributed by atoms with Gasteiger partial charge in [-0.2, -0.15) is 0 Å². The maximum absolute atomic E-state index is 4.35. The number of imidazole rings is 1. The van der Waals surface area contributed by atoms with Crippen LogP contribution in [0.2, 0.25) is 0 Å². The number of piperidine rings is 1.